The molecular formula is C14H15N3O3S. The van der Waals surface area contributed by atoms with Gasteiger partial charge in [0.25, 0.3) is 5.91 Å². The largest absolute Gasteiger partial charge is 0.321 e. The zero-order chi connectivity index (χ0) is 15.3. The predicted octanol–water partition coefficient (Wildman–Crippen LogP) is 1.63. The molecule has 0 fully saturated rings. The van der Waals surface area contributed by atoms with E-state index in [1.807, 2.05) is 0 Å². The Bertz CT molecular complexity index is 713. The first-order valence-electron chi connectivity index (χ1n) is 6.34. The standard InChI is InChI=1S/C14H15N3O3S/c1-2-16-21(19,20)13-7-5-11(6-8-13)14(18)17-12-4-3-9-15-10-12/h3-10,16H,2H2,1H3,(H,17,18). The Morgan fingerprint density at radius 1 is 1.19 bits per heavy atom. The van der Waals surface area contributed by atoms with Crippen molar-refractivity contribution in [3.63, 3.8) is 0 Å². The van der Waals surface area contributed by atoms with Gasteiger partial charge in [0.15, 0.2) is 0 Å². The minimum atomic E-state index is -3.50. The Labute approximate surface area is 123 Å². The van der Waals surface area contributed by atoms with Crippen LogP contribution in [-0.4, -0.2) is 25.9 Å². The fourth-order valence-corrected chi connectivity index (χ4v) is 2.74. The van der Waals surface area contributed by atoms with Crippen molar-refractivity contribution < 1.29 is 13.2 Å². The van der Waals surface area contributed by atoms with E-state index in [4.69, 9.17) is 0 Å². The number of pyridine rings is 1. The summed E-state index contributed by atoms with van der Waals surface area (Å²) < 4.78 is 26.0. The fourth-order valence-electron chi connectivity index (χ4n) is 1.70. The number of hydrogen-bond donors (Lipinski definition) is 2. The number of benzene rings is 1. The van der Waals surface area contributed by atoms with Crippen molar-refractivity contribution in [2.75, 3.05) is 11.9 Å². The smallest absolute Gasteiger partial charge is 0.255 e. The molecule has 0 aliphatic carbocycles. The summed E-state index contributed by atoms with van der Waals surface area (Å²) in [7, 11) is -3.50. The van der Waals surface area contributed by atoms with Gasteiger partial charge in [0, 0.05) is 18.3 Å². The van der Waals surface area contributed by atoms with Crippen molar-refractivity contribution in [1.29, 1.82) is 0 Å². The highest BCUT2D eigenvalue weighted by molar-refractivity contribution is 7.89. The monoisotopic (exact) mass is 305 g/mol. The first-order valence-corrected chi connectivity index (χ1v) is 7.82. The van der Waals surface area contributed by atoms with Crippen molar-refractivity contribution in [2.24, 2.45) is 0 Å². The third kappa shape index (κ3) is 3.87. The SMILES string of the molecule is CCNS(=O)(=O)c1ccc(C(=O)Nc2cccnc2)cc1. The zero-order valence-electron chi connectivity index (χ0n) is 11.4. The van der Waals surface area contributed by atoms with E-state index in [0.717, 1.165) is 0 Å². The minimum absolute atomic E-state index is 0.127. The van der Waals surface area contributed by atoms with E-state index in [1.165, 1.54) is 30.5 Å². The van der Waals surface area contributed by atoms with Crippen molar-refractivity contribution in [3.05, 3.63) is 54.4 Å². The molecule has 1 aromatic heterocycles. The van der Waals surface area contributed by atoms with E-state index in [9.17, 15) is 13.2 Å². The van der Waals surface area contributed by atoms with Gasteiger partial charge in [0.1, 0.15) is 0 Å². The van der Waals surface area contributed by atoms with Gasteiger partial charge in [-0.3, -0.25) is 9.78 Å². The highest BCUT2D eigenvalue weighted by Gasteiger charge is 2.13. The van der Waals surface area contributed by atoms with E-state index in [2.05, 4.69) is 15.0 Å². The molecule has 0 unspecified atom stereocenters. The molecule has 1 amide bonds. The Morgan fingerprint density at radius 2 is 1.90 bits per heavy atom. The molecule has 21 heavy (non-hydrogen) atoms. The molecule has 6 nitrogen and oxygen atoms in total. The molecule has 1 heterocycles. The maximum absolute atomic E-state index is 12.0. The third-order valence-corrected chi connectivity index (χ3v) is 4.24. The van der Waals surface area contributed by atoms with Gasteiger partial charge in [-0.1, -0.05) is 6.92 Å². The summed E-state index contributed by atoms with van der Waals surface area (Å²) in [4.78, 5) is 16.0. The number of sulfonamides is 1. The van der Waals surface area contributed by atoms with Crippen molar-refractivity contribution >= 4 is 21.6 Å². The average Bonchev–Trinajstić information content (AvgIpc) is 2.48. The molecule has 0 saturated carbocycles. The fraction of sp³-hybridized carbons (Fsp3) is 0.143. The highest BCUT2D eigenvalue weighted by Crippen LogP contribution is 2.12. The van der Waals surface area contributed by atoms with Crippen LogP contribution in [-0.2, 0) is 10.0 Å². The molecule has 2 rings (SSSR count). The molecule has 1 aromatic carbocycles. The predicted molar refractivity (Wildman–Crippen MR) is 79.5 cm³/mol. The number of anilines is 1. The van der Waals surface area contributed by atoms with E-state index in [-0.39, 0.29) is 10.8 Å². The number of carbonyl (C=O) groups is 1. The summed E-state index contributed by atoms with van der Waals surface area (Å²) in [6, 6.07) is 9.16. The Kier molecular flexibility index (Phi) is 4.66. The van der Waals surface area contributed by atoms with Crippen LogP contribution in [0.1, 0.15) is 17.3 Å². The number of nitrogens with zero attached hydrogens (tertiary/aromatic N) is 1. The van der Waals surface area contributed by atoms with Gasteiger partial charge in [0.2, 0.25) is 10.0 Å². The Balaban J connectivity index is 2.14. The lowest BCUT2D eigenvalue weighted by Crippen LogP contribution is -2.23. The van der Waals surface area contributed by atoms with E-state index in [1.54, 1.807) is 25.3 Å². The van der Waals surface area contributed by atoms with Gasteiger partial charge in [-0.05, 0) is 36.4 Å². The molecule has 110 valence electrons. The molecule has 2 aromatic rings. The van der Waals surface area contributed by atoms with Crippen LogP contribution in [0.2, 0.25) is 0 Å². The molecule has 0 aliphatic heterocycles. The second kappa shape index (κ2) is 6.47. The summed E-state index contributed by atoms with van der Waals surface area (Å²) in [6.45, 7) is 2.01. The van der Waals surface area contributed by atoms with Crippen LogP contribution in [0.5, 0.6) is 0 Å². The summed E-state index contributed by atoms with van der Waals surface area (Å²) in [6.07, 6.45) is 3.14. The molecule has 0 aliphatic rings. The van der Waals surface area contributed by atoms with Crippen molar-refractivity contribution in [1.82, 2.24) is 9.71 Å². The summed E-state index contributed by atoms with van der Waals surface area (Å²) >= 11 is 0. The first kappa shape index (κ1) is 15.1. The van der Waals surface area contributed by atoms with Crippen LogP contribution in [0.25, 0.3) is 0 Å². The van der Waals surface area contributed by atoms with Gasteiger partial charge >= 0.3 is 0 Å². The molecule has 2 N–H and O–H groups in total. The molecule has 0 bridgehead atoms. The zero-order valence-corrected chi connectivity index (χ0v) is 12.2. The van der Waals surface area contributed by atoms with Crippen LogP contribution in [0.4, 0.5) is 5.69 Å². The van der Waals surface area contributed by atoms with E-state index < -0.39 is 10.0 Å². The lowest BCUT2D eigenvalue weighted by molar-refractivity contribution is 0.102. The number of nitrogens with one attached hydrogen (secondary N) is 2. The minimum Gasteiger partial charge on any atom is -0.321 e. The number of amides is 1. The topological polar surface area (TPSA) is 88.2 Å². The maximum Gasteiger partial charge on any atom is 0.255 e. The lowest BCUT2D eigenvalue weighted by Gasteiger charge is -2.07. The lowest BCUT2D eigenvalue weighted by atomic mass is 10.2. The average molecular weight is 305 g/mol. The van der Waals surface area contributed by atoms with Gasteiger partial charge < -0.3 is 5.32 Å². The van der Waals surface area contributed by atoms with Gasteiger partial charge in [0.05, 0.1) is 16.8 Å². The summed E-state index contributed by atoms with van der Waals surface area (Å²) in [5.74, 6) is -0.324. The second-order valence-electron chi connectivity index (χ2n) is 4.22. The Hall–Kier alpha value is -2.25. The molecule has 0 atom stereocenters. The molecule has 7 heteroatoms. The van der Waals surface area contributed by atoms with Gasteiger partial charge in [-0.2, -0.15) is 0 Å². The first-order chi connectivity index (χ1) is 10.0. The van der Waals surface area contributed by atoms with Crippen LogP contribution < -0.4 is 10.0 Å². The normalized spacial score (nSPS) is 11.1. The molecular weight excluding hydrogens is 290 g/mol. The summed E-state index contributed by atoms with van der Waals surface area (Å²) in [5, 5.41) is 2.68. The van der Waals surface area contributed by atoms with Crippen LogP contribution in [0.15, 0.2) is 53.7 Å². The van der Waals surface area contributed by atoms with Gasteiger partial charge in [-0.25, -0.2) is 13.1 Å². The number of hydrogen-bond acceptors (Lipinski definition) is 4. The van der Waals surface area contributed by atoms with E-state index in [0.29, 0.717) is 17.8 Å². The second-order valence-corrected chi connectivity index (χ2v) is 5.99. The third-order valence-electron chi connectivity index (χ3n) is 2.68. The van der Waals surface area contributed by atoms with E-state index >= 15 is 0 Å². The highest BCUT2D eigenvalue weighted by atomic mass is 32.2. The molecule has 0 radical (unpaired) electrons. The van der Waals surface area contributed by atoms with Gasteiger partial charge in [-0.15, -0.1) is 0 Å². The number of carbonyl (C=O) groups excluding carboxylic acids is 1. The molecule has 0 saturated heterocycles. The number of aromatic nitrogens is 1. The summed E-state index contributed by atoms with van der Waals surface area (Å²) in [5.41, 5.74) is 0.946. The quantitative estimate of drug-likeness (QED) is 0.879. The van der Waals surface area contributed by atoms with Crippen molar-refractivity contribution in [3.8, 4) is 0 Å². The maximum atomic E-state index is 12.0. The van der Waals surface area contributed by atoms with Crippen molar-refractivity contribution in [2.45, 2.75) is 11.8 Å². The number of rotatable bonds is 5. The van der Waals surface area contributed by atoms with Crippen LogP contribution in [0.3, 0.4) is 0 Å². The molecule has 0 spiro atoms. The van der Waals surface area contributed by atoms with Crippen LogP contribution in [0, 0.1) is 0 Å². The Morgan fingerprint density at radius 3 is 2.48 bits per heavy atom. The van der Waals surface area contributed by atoms with Crippen LogP contribution >= 0.6 is 0 Å².